The van der Waals surface area contributed by atoms with E-state index in [9.17, 15) is 9.90 Å². The highest BCUT2D eigenvalue weighted by molar-refractivity contribution is 5.80. The van der Waals surface area contributed by atoms with Crippen molar-refractivity contribution >= 4 is 5.91 Å². The van der Waals surface area contributed by atoms with Gasteiger partial charge >= 0.3 is 0 Å². The van der Waals surface area contributed by atoms with Crippen LogP contribution in [0.3, 0.4) is 0 Å². The maximum atomic E-state index is 12.1. The van der Waals surface area contributed by atoms with Crippen LogP contribution in [0.1, 0.15) is 65.7 Å². The van der Waals surface area contributed by atoms with Gasteiger partial charge in [-0.05, 0) is 31.6 Å². The Balaban J connectivity index is 2.27. The average Bonchev–Trinajstić information content (AvgIpc) is 2.45. The predicted molar refractivity (Wildman–Crippen MR) is 80.5 cm³/mol. The Morgan fingerprint density at radius 1 is 1.30 bits per heavy atom. The summed E-state index contributed by atoms with van der Waals surface area (Å²) in [6.45, 7) is 6.46. The summed E-state index contributed by atoms with van der Waals surface area (Å²) < 4.78 is 5.93. The van der Waals surface area contributed by atoms with E-state index >= 15 is 0 Å². The van der Waals surface area contributed by atoms with Gasteiger partial charge in [0.25, 0.3) is 0 Å². The lowest BCUT2D eigenvalue weighted by Crippen LogP contribution is -2.40. The van der Waals surface area contributed by atoms with Gasteiger partial charge in [0.1, 0.15) is 6.10 Å². The van der Waals surface area contributed by atoms with Gasteiger partial charge in [0.15, 0.2) is 0 Å². The van der Waals surface area contributed by atoms with E-state index in [2.05, 4.69) is 5.32 Å². The summed E-state index contributed by atoms with van der Waals surface area (Å²) in [6.07, 6.45) is 6.73. The molecular formula is C16H31NO3. The topological polar surface area (TPSA) is 58.6 Å². The molecule has 2 atom stereocenters. The first-order valence-electron chi connectivity index (χ1n) is 8.15. The van der Waals surface area contributed by atoms with Crippen molar-refractivity contribution in [1.82, 2.24) is 5.32 Å². The molecule has 0 spiro atoms. The largest absolute Gasteiger partial charge is 0.393 e. The first-order valence-corrected chi connectivity index (χ1v) is 8.15. The van der Waals surface area contributed by atoms with E-state index in [0.717, 1.165) is 12.8 Å². The zero-order chi connectivity index (χ0) is 15.0. The number of amides is 1. The molecule has 0 heterocycles. The van der Waals surface area contributed by atoms with Crippen LogP contribution >= 0.6 is 0 Å². The van der Waals surface area contributed by atoms with Gasteiger partial charge in [-0.25, -0.2) is 0 Å². The van der Waals surface area contributed by atoms with Crippen molar-refractivity contribution in [3.8, 4) is 0 Å². The summed E-state index contributed by atoms with van der Waals surface area (Å²) in [5.41, 5.74) is 0. The van der Waals surface area contributed by atoms with Gasteiger partial charge in [-0.3, -0.25) is 4.79 Å². The van der Waals surface area contributed by atoms with Crippen LogP contribution in [0.4, 0.5) is 0 Å². The molecule has 1 fully saturated rings. The molecule has 1 amide bonds. The Kier molecular flexibility index (Phi) is 8.15. The highest BCUT2D eigenvalue weighted by atomic mass is 16.5. The monoisotopic (exact) mass is 285 g/mol. The Labute approximate surface area is 123 Å². The lowest BCUT2D eigenvalue weighted by Gasteiger charge is -2.26. The molecule has 0 radical (unpaired) electrons. The highest BCUT2D eigenvalue weighted by Crippen LogP contribution is 2.22. The van der Waals surface area contributed by atoms with E-state index in [0.29, 0.717) is 19.4 Å². The van der Waals surface area contributed by atoms with Crippen LogP contribution in [0, 0.1) is 5.92 Å². The van der Waals surface area contributed by atoms with Gasteiger partial charge in [-0.2, -0.15) is 0 Å². The second kappa shape index (κ2) is 9.35. The van der Waals surface area contributed by atoms with Crippen LogP contribution in [0.25, 0.3) is 0 Å². The van der Waals surface area contributed by atoms with Crippen LogP contribution < -0.4 is 5.32 Å². The highest BCUT2D eigenvalue weighted by Gasteiger charge is 2.23. The zero-order valence-electron chi connectivity index (χ0n) is 13.2. The molecule has 0 saturated heterocycles. The summed E-state index contributed by atoms with van der Waals surface area (Å²) in [5.74, 6) is 0.196. The fourth-order valence-electron chi connectivity index (χ4n) is 2.57. The fourth-order valence-corrected chi connectivity index (χ4v) is 2.57. The molecule has 1 rings (SSSR count). The zero-order valence-corrected chi connectivity index (χ0v) is 13.2. The second-order valence-corrected chi connectivity index (χ2v) is 6.18. The predicted octanol–water partition coefficient (Wildman–Crippen LogP) is 2.64. The summed E-state index contributed by atoms with van der Waals surface area (Å²) in [5, 5.41) is 12.6. The van der Waals surface area contributed by atoms with Gasteiger partial charge in [-0.1, -0.05) is 40.0 Å². The van der Waals surface area contributed by atoms with E-state index in [1.807, 2.05) is 20.8 Å². The SMILES string of the molecule is CCC(OC1CCCCC1)C(=O)NCCC(O)C(C)C. The molecule has 118 valence electrons. The van der Waals surface area contributed by atoms with Crippen molar-refractivity contribution in [2.45, 2.75) is 84.0 Å². The number of carbonyl (C=O) groups is 1. The molecule has 2 N–H and O–H groups in total. The second-order valence-electron chi connectivity index (χ2n) is 6.18. The summed E-state index contributed by atoms with van der Waals surface area (Å²) in [6, 6.07) is 0. The maximum Gasteiger partial charge on any atom is 0.249 e. The van der Waals surface area contributed by atoms with Crippen molar-refractivity contribution in [2.75, 3.05) is 6.54 Å². The van der Waals surface area contributed by atoms with Gasteiger partial charge in [-0.15, -0.1) is 0 Å². The molecule has 1 aliphatic rings. The van der Waals surface area contributed by atoms with E-state index in [1.165, 1.54) is 19.3 Å². The van der Waals surface area contributed by atoms with E-state index in [-0.39, 0.29) is 30.1 Å². The first kappa shape index (κ1) is 17.4. The summed E-state index contributed by atoms with van der Waals surface area (Å²) in [7, 11) is 0. The molecule has 0 aliphatic heterocycles. The van der Waals surface area contributed by atoms with Crippen LogP contribution in [-0.2, 0) is 9.53 Å². The minimum Gasteiger partial charge on any atom is -0.393 e. The Morgan fingerprint density at radius 3 is 2.50 bits per heavy atom. The minimum absolute atomic E-state index is 0.0333. The number of aliphatic hydroxyl groups is 1. The number of hydrogen-bond acceptors (Lipinski definition) is 3. The molecule has 0 aromatic carbocycles. The molecule has 0 bridgehead atoms. The molecule has 20 heavy (non-hydrogen) atoms. The van der Waals surface area contributed by atoms with Gasteiger partial charge in [0.05, 0.1) is 12.2 Å². The maximum absolute atomic E-state index is 12.1. The van der Waals surface area contributed by atoms with Crippen LogP contribution in [0.15, 0.2) is 0 Å². The number of nitrogens with one attached hydrogen (secondary N) is 1. The van der Waals surface area contributed by atoms with Crippen molar-refractivity contribution in [3.05, 3.63) is 0 Å². The van der Waals surface area contributed by atoms with Crippen molar-refractivity contribution in [1.29, 1.82) is 0 Å². The fraction of sp³-hybridized carbons (Fsp3) is 0.938. The van der Waals surface area contributed by atoms with Gasteiger partial charge in [0.2, 0.25) is 5.91 Å². The molecular weight excluding hydrogens is 254 g/mol. The van der Waals surface area contributed by atoms with E-state index < -0.39 is 0 Å². The van der Waals surface area contributed by atoms with Gasteiger partial charge < -0.3 is 15.2 Å². The third kappa shape index (κ3) is 6.23. The Morgan fingerprint density at radius 2 is 1.95 bits per heavy atom. The van der Waals surface area contributed by atoms with Crippen LogP contribution in [-0.4, -0.2) is 35.9 Å². The molecule has 4 nitrogen and oxygen atoms in total. The molecule has 0 aromatic heterocycles. The molecule has 4 heteroatoms. The Bertz CT molecular complexity index is 275. The normalized spacial score (nSPS) is 19.9. The number of carbonyl (C=O) groups excluding carboxylic acids is 1. The number of ether oxygens (including phenoxy) is 1. The smallest absolute Gasteiger partial charge is 0.249 e. The summed E-state index contributed by atoms with van der Waals surface area (Å²) in [4.78, 5) is 12.1. The van der Waals surface area contributed by atoms with E-state index in [1.54, 1.807) is 0 Å². The Hall–Kier alpha value is -0.610. The first-order chi connectivity index (χ1) is 9.54. The van der Waals surface area contributed by atoms with Gasteiger partial charge in [0, 0.05) is 6.54 Å². The third-order valence-corrected chi connectivity index (χ3v) is 4.08. The number of hydrogen-bond donors (Lipinski definition) is 2. The standard InChI is InChI=1S/C16H31NO3/c1-4-15(20-13-8-6-5-7-9-13)16(19)17-11-10-14(18)12(2)3/h12-15,18H,4-11H2,1-3H3,(H,17,19). The lowest BCUT2D eigenvalue weighted by molar-refractivity contribution is -0.138. The van der Waals surface area contributed by atoms with Crippen LogP contribution in [0.2, 0.25) is 0 Å². The number of aliphatic hydroxyl groups excluding tert-OH is 1. The molecule has 0 aromatic rings. The van der Waals surface area contributed by atoms with Crippen molar-refractivity contribution < 1.29 is 14.6 Å². The van der Waals surface area contributed by atoms with E-state index in [4.69, 9.17) is 4.74 Å². The van der Waals surface area contributed by atoms with Crippen molar-refractivity contribution in [3.63, 3.8) is 0 Å². The minimum atomic E-state index is -0.352. The summed E-state index contributed by atoms with van der Waals surface area (Å²) >= 11 is 0. The average molecular weight is 285 g/mol. The third-order valence-electron chi connectivity index (χ3n) is 4.08. The molecule has 1 saturated carbocycles. The lowest BCUT2D eigenvalue weighted by atomic mass is 9.97. The molecule has 2 unspecified atom stereocenters. The quantitative estimate of drug-likeness (QED) is 0.721. The van der Waals surface area contributed by atoms with Crippen molar-refractivity contribution in [2.24, 2.45) is 5.92 Å². The molecule has 1 aliphatic carbocycles. The number of rotatable bonds is 8. The van der Waals surface area contributed by atoms with Crippen LogP contribution in [0.5, 0.6) is 0 Å².